The molecule has 2 bridgehead atoms. The van der Waals surface area contributed by atoms with Gasteiger partial charge in [0.15, 0.2) is 0 Å². The van der Waals surface area contributed by atoms with Gasteiger partial charge in [-0.3, -0.25) is 14.4 Å². The fourth-order valence-electron chi connectivity index (χ4n) is 7.51. The van der Waals surface area contributed by atoms with Crippen molar-refractivity contribution in [3.8, 4) is 0 Å². The summed E-state index contributed by atoms with van der Waals surface area (Å²) in [7, 11) is 0. The number of aryl methyl sites for hydroxylation is 2. The van der Waals surface area contributed by atoms with Crippen LogP contribution in [0, 0.1) is 25.7 Å². The lowest BCUT2D eigenvalue weighted by Gasteiger charge is -2.38. The fourth-order valence-corrected chi connectivity index (χ4v) is 11.1. The molecule has 3 heterocycles. The van der Waals surface area contributed by atoms with E-state index in [1.807, 2.05) is 62.4 Å². The van der Waals surface area contributed by atoms with Gasteiger partial charge in [-0.05, 0) is 62.4 Å². The van der Waals surface area contributed by atoms with Crippen LogP contribution >= 0.6 is 27.7 Å². The van der Waals surface area contributed by atoms with Crippen LogP contribution in [-0.4, -0.2) is 74.8 Å². The number of aliphatic hydroxyl groups excluding tert-OH is 1. The molecule has 3 saturated heterocycles. The number of carbonyl (C=O) groups excluding carboxylic acids is 3. The highest BCUT2D eigenvalue weighted by Crippen LogP contribution is 2.68. The van der Waals surface area contributed by atoms with Crippen molar-refractivity contribution in [2.45, 2.75) is 66.8 Å². The molecule has 5 rings (SSSR count). The van der Waals surface area contributed by atoms with Gasteiger partial charge >= 0.3 is 0 Å². The van der Waals surface area contributed by atoms with Gasteiger partial charge in [-0.1, -0.05) is 71.3 Å². The van der Waals surface area contributed by atoms with Crippen molar-refractivity contribution in [1.82, 2.24) is 4.90 Å². The SMILES string of the molecule is C=CCN(C(=O)[C@H]1[C@H]2C(=O)N(CCCCCCO)C(C(=O)N(CC=C)c3cc(C)ccc3C)C23CC(Br)[C@@H]1S3)c1ccccc1. The number of hydrogen-bond acceptors (Lipinski definition) is 5. The molecule has 3 aliphatic heterocycles. The van der Waals surface area contributed by atoms with Crippen molar-refractivity contribution < 1.29 is 19.5 Å². The molecule has 0 radical (unpaired) electrons. The summed E-state index contributed by atoms with van der Waals surface area (Å²) in [6.07, 6.45) is 7.20. The van der Waals surface area contributed by atoms with Crippen LogP contribution in [0.4, 0.5) is 11.4 Å². The number of anilines is 2. The van der Waals surface area contributed by atoms with Crippen LogP contribution in [0.1, 0.15) is 43.2 Å². The summed E-state index contributed by atoms with van der Waals surface area (Å²) in [5.74, 6) is -1.52. The third-order valence-electron chi connectivity index (χ3n) is 9.49. The molecular formula is C36H44BrN3O4S. The van der Waals surface area contributed by atoms with Gasteiger partial charge < -0.3 is 19.8 Å². The summed E-state index contributed by atoms with van der Waals surface area (Å²) in [5, 5.41) is 9.13. The topological polar surface area (TPSA) is 81.2 Å². The number of fused-ring (bicyclic) bond motifs is 1. The van der Waals surface area contributed by atoms with Crippen LogP contribution in [0.2, 0.25) is 0 Å². The van der Waals surface area contributed by atoms with E-state index in [1.165, 1.54) is 0 Å². The number of carbonyl (C=O) groups is 3. The lowest BCUT2D eigenvalue weighted by molar-refractivity contribution is -0.139. The molecule has 2 aromatic rings. The Morgan fingerprint density at radius 2 is 1.71 bits per heavy atom. The highest BCUT2D eigenvalue weighted by atomic mass is 79.9. The molecule has 6 atom stereocenters. The van der Waals surface area contributed by atoms with Crippen LogP contribution in [0.3, 0.4) is 0 Å². The molecule has 7 nitrogen and oxygen atoms in total. The van der Waals surface area contributed by atoms with Gasteiger partial charge in [-0.2, -0.15) is 0 Å². The van der Waals surface area contributed by atoms with E-state index in [0.29, 0.717) is 32.5 Å². The number of thioether (sulfide) groups is 1. The van der Waals surface area contributed by atoms with Crippen molar-refractivity contribution in [3.63, 3.8) is 0 Å². The van der Waals surface area contributed by atoms with Crippen molar-refractivity contribution >= 4 is 56.8 Å². The number of rotatable bonds is 14. The van der Waals surface area contributed by atoms with E-state index in [9.17, 15) is 19.5 Å². The van der Waals surface area contributed by atoms with Crippen molar-refractivity contribution in [1.29, 1.82) is 0 Å². The first kappa shape index (κ1) is 33.5. The van der Waals surface area contributed by atoms with E-state index in [-0.39, 0.29) is 34.4 Å². The van der Waals surface area contributed by atoms with E-state index in [1.54, 1.807) is 38.6 Å². The molecule has 1 N–H and O–H groups in total. The van der Waals surface area contributed by atoms with Gasteiger partial charge in [0.1, 0.15) is 6.04 Å². The largest absolute Gasteiger partial charge is 0.396 e. The van der Waals surface area contributed by atoms with Gasteiger partial charge in [0.05, 0.1) is 16.6 Å². The van der Waals surface area contributed by atoms with Gasteiger partial charge in [0.2, 0.25) is 11.8 Å². The molecule has 3 unspecified atom stereocenters. The first-order valence-corrected chi connectivity index (χ1v) is 17.7. The van der Waals surface area contributed by atoms with Gasteiger partial charge in [-0.15, -0.1) is 24.9 Å². The van der Waals surface area contributed by atoms with E-state index >= 15 is 0 Å². The van der Waals surface area contributed by atoms with Crippen molar-refractivity contribution in [2.75, 3.05) is 36.0 Å². The first-order chi connectivity index (χ1) is 21.7. The second-order valence-corrected chi connectivity index (χ2v) is 15.1. The van der Waals surface area contributed by atoms with Crippen molar-refractivity contribution in [2.24, 2.45) is 11.8 Å². The van der Waals surface area contributed by atoms with Crippen molar-refractivity contribution in [3.05, 3.63) is 85.0 Å². The molecule has 0 aliphatic carbocycles. The molecule has 45 heavy (non-hydrogen) atoms. The molecule has 3 amide bonds. The molecule has 0 saturated carbocycles. The Bertz CT molecular complexity index is 1440. The Morgan fingerprint density at radius 3 is 2.40 bits per heavy atom. The summed E-state index contributed by atoms with van der Waals surface area (Å²) in [6.45, 7) is 13.1. The second kappa shape index (κ2) is 14.3. The number of aliphatic hydroxyl groups is 1. The Balaban J connectivity index is 1.57. The summed E-state index contributed by atoms with van der Waals surface area (Å²) in [6, 6.07) is 14.9. The molecule has 2 aromatic carbocycles. The minimum Gasteiger partial charge on any atom is -0.396 e. The molecule has 3 fully saturated rings. The Morgan fingerprint density at radius 1 is 1.02 bits per heavy atom. The van der Waals surface area contributed by atoms with E-state index < -0.39 is 22.6 Å². The average molecular weight is 695 g/mol. The lowest BCUT2D eigenvalue weighted by atomic mass is 9.70. The maximum atomic E-state index is 15.0. The molecule has 1 spiro atoms. The van der Waals surface area contributed by atoms with Crippen LogP contribution < -0.4 is 9.80 Å². The number of amides is 3. The summed E-state index contributed by atoms with van der Waals surface area (Å²) < 4.78 is -0.744. The number of likely N-dealkylation sites (tertiary alicyclic amines) is 1. The molecule has 240 valence electrons. The fraction of sp³-hybridized carbons (Fsp3) is 0.472. The number of halogens is 1. The number of nitrogens with zero attached hydrogens (tertiary/aromatic N) is 3. The number of hydrogen-bond donors (Lipinski definition) is 1. The van der Waals surface area contributed by atoms with E-state index in [4.69, 9.17) is 0 Å². The second-order valence-electron chi connectivity index (χ2n) is 12.4. The zero-order valence-corrected chi connectivity index (χ0v) is 28.6. The number of unbranched alkanes of at least 4 members (excludes halogenated alkanes) is 3. The molecule has 3 aliphatic rings. The highest BCUT2D eigenvalue weighted by Gasteiger charge is 2.76. The van der Waals surface area contributed by atoms with Gasteiger partial charge in [0, 0.05) is 47.7 Å². The third kappa shape index (κ3) is 6.15. The van der Waals surface area contributed by atoms with Gasteiger partial charge in [-0.25, -0.2) is 0 Å². The predicted octanol–water partition coefficient (Wildman–Crippen LogP) is 6.06. The van der Waals surface area contributed by atoms with Crippen LogP contribution in [0.5, 0.6) is 0 Å². The number of para-hydroxylation sites is 1. The normalized spacial score (nSPS) is 26.5. The maximum Gasteiger partial charge on any atom is 0.251 e. The average Bonchev–Trinajstić information content (AvgIpc) is 3.63. The lowest BCUT2D eigenvalue weighted by Crippen LogP contribution is -2.56. The quantitative estimate of drug-likeness (QED) is 0.148. The van der Waals surface area contributed by atoms with E-state index in [0.717, 1.165) is 41.8 Å². The Hall–Kier alpha value is -2.88. The highest BCUT2D eigenvalue weighted by molar-refractivity contribution is 9.09. The minimum absolute atomic E-state index is 0.0183. The summed E-state index contributed by atoms with van der Waals surface area (Å²) >= 11 is 5.57. The Labute approximate surface area is 279 Å². The summed E-state index contributed by atoms with van der Waals surface area (Å²) in [5.41, 5.74) is 3.60. The van der Waals surface area contributed by atoms with E-state index in [2.05, 4.69) is 29.1 Å². The minimum atomic E-state index is -0.744. The van der Waals surface area contributed by atoms with Gasteiger partial charge in [0.25, 0.3) is 5.91 Å². The zero-order chi connectivity index (χ0) is 32.3. The molecule has 9 heteroatoms. The summed E-state index contributed by atoms with van der Waals surface area (Å²) in [4.78, 5) is 49.5. The standard InChI is InChI=1S/C36H44BrN3O4S/c1-5-18-38(26-14-10-9-11-15-26)33(42)29-30-34(43)40(20-12-7-8-13-21-41)32(36(30)23-27(37)31(29)45-36)35(44)39(19-6-2)28-22-24(3)16-17-25(28)4/h5-6,9-11,14-17,22,27,29-32,41H,1-2,7-8,12-13,18-21,23H2,3-4H3/t27?,29-,30-,31-,32?,36?/m0/s1. The van der Waals surface area contributed by atoms with Crippen LogP contribution in [-0.2, 0) is 14.4 Å². The first-order valence-electron chi connectivity index (χ1n) is 15.9. The third-order valence-corrected chi connectivity index (χ3v) is 12.7. The van der Waals surface area contributed by atoms with Crippen LogP contribution in [0.25, 0.3) is 0 Å². The number of benzene rings is 2. The molecular weight excluding hydrogens is 650 g/mol. The zero-order valence-electron chi connectivity index (χ0n) is 26.2. The number of alkyl halides is 1. The predicted molar refractivity (Wildman–Crippen MR) is 187 cm³/mol. The smallest absolute Gasteiger partial charge is 0.251 e. The Kier molecular flexibility index (Phi) is 10.6. The maximum absolute atomic E-state index is 15.0. The molecule has 0 aromatic heterocycles. The van der Waals surface area contributed by atoms with Crippen LogP contribution in [0.15, 0.2) is 73.8 Å². The monoisotopic (exact) mass is 693 g/mol.